The molecule has 0 aromatic heterocycles. The first kappa shape index (κ1) is 15.6. The Morgan fingerprint density at radius 1 is 1.29 bits per heavy atom. The first-order valence-electron chi connectivity index (χ1n) is 6.37. The zero-order valence-corrected chi connectivity index (χ0v) is 12.9. The Hall–Kier alpha value is -1.79. The summed E-state index contributed by atoms with van der Waals surface area (Å²) >= 11 is 3.13. The van der Waals surface area contributed by atoms with Gasteiger partial charge in [-0.2, -0.15) is 0 Å². The van der Waals surface area contributed by atoms with Crippen LogP contribution in [0.2, 0.25) is 0 Å². The van der Waals surface area contributed by atoms with Crippen LogP contribution in [-0.2, 0) is 6.42 Å². The van der Waals surface area contributed by atoms with E-state index in [9.17, 15) is 14.5 Å². The summed E-state index contributed by atoms with van der Waals surface area (Å²) < 4.78 is 14.0. The normalized spacial score (nSPS) is 12.1. The van der Waals surface area contributed by atoms with Crippen molar-refractivity contribution in [3.63, 3.8) is 0 Å². The molecule has 0 bridgehead atoms. The molecule has 4 nitrogen and oxygen atoms in total. The van der Waals surface area contributed by atoms with Crippen LogP contribution < -0.4 is 5.32 Å². The zero-order valence-electron chi connectivity index (χ0n) is 11.3. The lowest BCUT2D eigenvalue weighted by molar-refractivity contribution is -0.384. The molecule has 0 radical (unpaired) electrons. The number of hydrogen-bond acceptors (Lipinski definition) is 3. The molecule has 0 aliphatic rings. The summed E-state index contributed by atoms with van der Waals surface area (Å²) in [6, 6.07) is 11.3. The number of likely N-dealkylation sites (N-methyl/N-ethyl adjacent to an activating group) is 1. The van der Waals surface area contributed by atoms with E-state index in [-0.39, 0.29) is 17.5 Å². The van der Waals surface area contributed by atoms with Gasteiger partial charge >= 0.3 is 0 Å². The van der Waals surface area contributed by atoms with E-state index in [1.165, 1.54) is 18.2 Å². The number of hydrogen-bond donors (Lipinski definition) is 1. The average molecular weight is 353 g/mol. The minimum absolute atomic E-state index is 0.0611. The molecule has 0 saturated heterocycles. The highest BCUT2D eigenvalue weighted by molar-refractivity contribution is 9.10. The third-order valence-electron chi connectivity index (χ3n) is 3.28. The molecule has 2 aromatic carbocycles. The van der Waals surface area contributed by atoms with Crippen LogP contribution in [0.1, 0.15) is 17.2 Å². The van der Waals surface area contributed by atoms with Crippen LogP contribution in [0.4, 0.5) is 10.1 Å². The first-order valence-corrected chi connectivity index (χ1v) is 7.16. The van der Waals surface area contributed by atoms with E-state index in [1.807, 2.05) is 6.07 Å². The van der Waals surface area contributed by atoms with Gasteiger partial charge in [-0.25, -0.2) is 4.39 Å². The third kappa shape index (κ3) is 3.86. The van der Waals surface area contributed by atoms with E-state index in [4.69, 9.17) is 0 Å². The van der Waals surface area contributed by atoms with Crippen molar-refractivity contribution in [1.29, 1.82) is 0 Å². The van der Waals surface area contributed by atoms with Gasteiger partial charge in [-0.05, 0) is 52.7 Å². The van der Waals surface area contributed by atoms with E-state index < -0.39 is 4.92 Å². The summed E-state index contributed by atoms with van der Waals surface area (Å²) in [4.78, 5) is 10.2. The summed E-state index contributed by atoms with van der Waals surface area (Å²) in [7, 11) is 1.80. The number of halogens is 2. The van der Waals surface area contributed by atoms with Gasteiger partial charge in [0.25, 0.3) is 5.69 Å². The minimum Gasteiger partial charge on any atom is -0.313 e. The summed E-state index contributed by atoms with van der Waals surface area (Å²) in [5.41, 5.74) is 1.84. The van der Waals surface area contributed by atoms with Gasteiger partial charge in [0.2, 0.25) is 0 Å². The number of nitro benzene ring substituents is 1. The molecule has 0 saturated carbocycles. The van der Waals surface area contributed by atoms with Gasteiger partial charge < -0.3 is 5.32 Å². The van der Waals surface area contributed by atoms with Crippen LogP contribution in [0, 0.1) is 15.9 Å². The van der Waals surface area contributed by atoms with Gasteiger partial charge in [0, 0.05) is 18.2 Å². The fourth-order valence-electron chi connectivity index (χ4n) is 2.11. The van der Waals surface area contributed by atoms with E-state index in [2.05, 4.69) is 21.2 Å². The van der Waals surface area contributed by atoms with Crippen LogP contribution in [0.5, 0.6) is 0 Å². The second-order valence-corrected chi connectivity index (χ2v) is 5.50. The topological polar surface area (TPSA) is 55.2 Å². The number of non-ortho nitro benzene ring substituents is 1. The van der Waals surface area contributed by atoms with E-state index >= 15 is 0 Å². The summed E-state index contributed by atoms with van der Waals surface area (Å²) in [6.45, 7) is 0. The lowest BCUT2D eigenvalue weighted by Gasteiger charge is -2.17. The van der Waals surface area contributed by atoms with Gasteiger partial charge in [-0.3, -0.25) is 10.1 Å². The van der Waals surface area contributed by atoms with Crippen molar-refractivity contribution in [3.8, 4) is 0 Å². The second kappa shape index (κ2) is 6.78. The highest BCUT2D eigenvalue weighted by Crippen LogP contribution is 2.24. The Balaban J connectivity index is 2.18. The van der Waals surface area contributed by atoms with Crippen LogP contribution in [0.25, 0.3) is 0 Å². The number of rotatable bonds is 5. The standard InChI is InChI=1S/C15H14BrFN2O2/c1-18-15(11-4-7-13(16)14(17)9-11)8-10-2-5-12(6-3-10)19(20)21/h2-7,9,15,18H,8H2,1H3. The maximum absolute atomic E-state index is 13.6. The molecule has 0 fully saturated rings. The molecule has 0 aliphatic carbocycles. The molecule has 0 aliphatic heterocycles. The Bertz CT molecular complexity index is 647. The lowest BCUT2D eigenvalue weighted by atomic mass is 9.99. The second-order valence-electron chi connectivity index (χ2n) is 4.64. The van der Waals surface area contributed by atoms with E-state index in [1.54, 1.807) is 25.2 Å². The molecule has 1 atom stereocenters. The Kier molecular flexibility index (Phi) is 5.03. The summed E-state index contributed by atoms with van der Waals surface area (Å²) in [5.74, 6) is -0.309. The van der Waals surface area contributed by atoms with Gasteiger partial charge in [-0.15, -0.1) is 0 Å². The van der Waals surface area contributed by atoms with Gasteiger partial charge in [0.1, 0.15) is 5.82 Å². The molecule has 0 amide bonds. The van der Waals surface area contributed by atoms with Crippen LogP contribution in [0.15, 0.2) is 46.9 Å². The monoisotopic (exact) mass is 352 g/mol. The largest absolute Gasteiger partial charge is 0.313 e. The minimum atomic E-state index is -0.427. The molecule has 1 unspecified atom stereocenters. The third-order valence-corrected chi connectivity index (χ3v) is 3.92. The molecule has 2 rings (SSSR count). The van der Waals surface area contributed by atoms with Gasteiger partial charge in [0.05, 0.1) is 9.40 Å². The summed E-state index contributed by atoms with van der Waals surface area (Å²) in [5, 5.41) is 13.8. The Morgan fingerprint density at radius 3 is 2.48 bits per heavy atom. The fourth-order valence-corrected chi connectivity index (χ4v) is 2.35. The fraction of sp³-hybridized carbons (Fsp3) is 0.200. The molecule has 6 heteroatoms. The highest BCUT2D eigenvalue weighted by atomic mass is 79.9. The van der Waals surface area contributed by atoms with Crippen LogP contribution in [0.3, 0.4) is 0 Å². The number of nitro groups is 1. The molecular formula is C15H14BrFN2O2. The van der Waals surface area contributed by atoms with Crippen molar-refractivity contribution in [2.24, 2.45) is 0 Å². The smallest absolute Gasteiger partial charge is 0.269 e. The lowest BCUT2D eigenvalue weighted by Crippen LogP contribution is -2.19. The molecule has 0 spiro atoms. The average Bonchev–Trinajstić information content (AvgIpc) is 2.48. The SMILES string of the molecule is CNC(Cc1ccc([N+](=O)[O-])cc1)c1ccc(Br)c(F)c1. The predicted octanol–water partition coefficient (Wildman–Crippen LogP) is 4.00. The summed E-state index contributed by atoms with van der Waals surface area (Å²) in [6.07, 6.45) is 0.621. The van der Waals surface area contributed by atoms with Crippen molar-refractivity contribution in [2.75, 3.05) is 7.05 Å². The molecule has 110 valence electrons. The molecular weight excluding hydrogens is 339 g/mol. The molecule has 2 aromatic rings. The van der Waals surface area contributed by atoms with Crippen molar-refractivity contribution < 1.29 is 9.31 Å². The van der Waals surface area contributed by atoms with Crippen molar-refractivity contribution >= 4 is 21.6 Å². The maximum atomic E-state index is 13.6. The number of benzene rings is 2. The molecule has 0 heterocycles. The van der Waals surface area contributed by atoms with Gasteiger partial charge in [-0.1, -0.05) is 18.2 Å². The first-order chi connectivity index (χ1) is 10.0. The van der Waals surface area contributed by atoms with Crippen molar-refractivity contribution in [1.82, 2.24) is 5.32 Å². The molecule has 21 heavy (non-hydrogen) atoms. The molecule has 1 N–H and O–H groups in total. The maximum Gasteiger partial charge on any atom is 0.269 e. The highest BCUT2D eigenvalue weighted by Gasteiger charge is 2.13. The van der Waals surface area contributed by atoms with Crippen molar-refractivity contribution in [2.45, 2.75) is 12.5 Å². The van der Waals surface area contributed by atoms with Crippen LogP contribution >= 0.6 is 15.9 Å². The number of nitrogens with one attached hydrogen (secondary N) is 1. The predicted molar refractivity (Wildman–Crippen MR) is 82.7 cm³/mol. The van der Waals surface area contributed by atoms with Crippen molar-refractivity contribution in [3.05, 3.63) is 74.0 Å². The van der Waals surface area contributed by atoms with E-state index in [0.717, 1.165) is 11.1 Å². The number of nitrogens with zero attached hydrogens (tertiary/aromatic N) is 1. The van der Waals surface area contributed by atoms with Gasteiger partial charge in [0.15, 0.2) is 0 Å². The Labute approximate surface area is 130 Å². The van der Waals surface area contributed by atoms with E-state index in [0.29, 0.717) is 10.9 Å². The van der Waals surface area contributed by atoms with Crippen LogP contribution in [-0.4, -0.2) is 12.0 Å². The Morgan fingerprint density at radius 2 is 1.95 bits per heavy atom. The quantitative estimate of drug-likeness (QED) is 0.653. The zero-order chi connectivity index (χ0) is 15.4.